The maximum Gasteiger partial charge on any atom is 0.427 e. The van der Waals surface area contributed by atoms with Crippen molar-refractivity contribution >= 4 is 12.0 Å². The normalized spacial score (nSPS) is 14.2. The maximum atomic E-state index is 13.3. The minimum absolute atomic E-state index is 0.0490. The molecule has 11 heteroatoms. The van der Waals surface area contributed by atoms with Crippen LogP contribution in [0.2, 0.25) is 0 Å². The summed E-state index contributed by atoms with van der Waals surface area (Å²) in [6.07, 6.45) is 4.16. The summed E-state index contributed by atoms with van der Waals surface area (Å²) in [5.41, 5.74) is -1.91. The second-order valence-corrected chi connectivity index (χ2v) is 9.46. The standard InChI is InChI=1S/C24H34F3N5O3/c1-4-5-7-10-18-14-15-28-21(29-18)32(22(33)34-23(2,3)24(25,26)27)16-9-6-8-11-19-30-20(31-35-19)17-12-13-17/h14-15,17H,4-13,16H2,1-3H3. The van der Waals surface area contributed by atoms with Gasteiger partial charge in [0.05, 0.1) is 0 Å². The van der Waals surface area contributed by atoms with Gasteiger partial charge in [0.25, 0.3) is 0 Å². The Morgan fingerprint density at radius 3 is 2.54 bits per heavy atom. The highest BCUT2D eigenvalue weighted by Crippen LogP contribution is 2.38. The van der Waals surface area contributed by atoms with Crippen LogP contribution in [0, 0.1) is 0 Å². The monoisotopic (exact) mass is 497 g/mol. The van der Waals surface area contributed by atoms with Crippen LogP contribution in [-0.2, 0) is 17.6 Å². The molecule has 35 heavy (non-hydrogen) atoms. The lowest BCUT2D eigenvalue weighted by atomic mass is 10.1. The number of aromatic nitrogens is 4. The number of aryl methyl sites for hydroxylation is 2. The summed E-state index contributed by atoms with van der Waals surface area (Å²) in [6.45, 7) is 3.87. The molecule has 1 saturated carbocycles. The molecule has 194 valence electrons. The highest BCUT2D eigenvalue weighted by molar-refractivity contribution is 5.85. The van der Waals surface area contributed by atoms with Gasteiger partial charge in [-0.05, 0) is 58.4 Å². The Labute approximate surface area is 203 Å². The fraction of sp³-hybridized carbons (Fsp3) is 0.708. The van der Waals surface area contributed by atoms with Crippen LogP contribution in [-0.4, -0.2) is 44.5 Å². The van der Waals surface area contributed by atoms with Gasteiger partial charge in [0.2, 0.25) is 17.4 Å². The number of nitrogens with zero attached hydrogens (tertiary/aromatic N) is 5. The Balaban J connectivity index is 1.61. The average molecular weight is 498 g/mol. The lowest BCUT2D eigenvalue weighted by Crippen LogP contribution is -2.47. The van der Waals surface area contributed by atoms with Crippen LogP contribution in [0.5, 0.6) is 0 Å². The third kappa shape index (κ3) is 7.90. The molecule has 8 nitrogen and oxygen atoms in total. The third-order valence-corrected chi connectivity index (χ3v) is 5.92. The molecule has 3 rings (SSSR count). The number of carbonyl (C=O) groups is 1. The molecule has 0 aliphatic heterocycles. The Hall–Kier alpha value is -2.72. The van der Waals surface area contributed by atoms with Crippen molar-refractivity contribution in [2.75, 3.05) is 11.4 Å². The van der Waals surface area contributed by atoms with Crippen LogP contribution < -0.4 is 4.90 Å². The van der Waals surface area contributed by atoms with Crippen LogP contribution in [0.15, 0.2) is 16.8 Å². The molecule has 0 spiro atoms. The summed E-state index contributed by atoms with van der Waals surface area (Å²) in [4.78, 5) is 26.9. The van der Waals surface area contributed by atoms with Crippen LogP contribution in [0.25, 0.3) is 0 Å². The van der Waals surface area contributed by atoms with E-state index >= 15 is 0 Å². The molecule has 1 aliphatic carbocycles. The largest absolute Gasteiger partial charge is 0.433 e. The van der Waals surface area contributed by atoms with E-state index in [-0.39, 0.29) is 12.5 Å². The first-order valence-electron chi connectivity index (χ1n) is 12.3. The average Bonchev–Trinajstić information content (AvgIpc) is 3.53. The van der Waals surface area contributed by atoms with Gasteiger partial charge in [0.1, 0.15) is 0 Å². The van der Waals surface area contributed by atoms with Crippen LogP contribution in [0.1, 0.15) is 95.5 Å². The van der Waals surface area contributed by atoms with Gasteiger partial charge in [-0.1, -0.05) is 31.3 Å². The predicted octanol–water partition coefficient (Wildman–Crippen LogP) is 6.17. The molecule has 0 aromatic carbocycles. The van der Waals surface area contributed by atoms with E-state index in [0.29, 0.717) is 37.5 Å². The number of alkyl halides is 3. The molecular weight excluding hydrogens is 463 g/mol. The minimum atomic E-state index is -4.71. The predicted molar refractivity (Wildman–Crippen MR) is 123 cm³/mol. The first kappa shape index (κ1) is 26.9. The van der Waals surface area contributed by atoms with Crippen molar-refractivity contribution in [2.45, 2.75) is 103 Å². The highest BCUT2D eigenvalue weighted by Gasteiger charge is 2.51. The molecule has 1 aliphatic rings. The van der Waals surface area contributed by atoms with Gasteiger partial charge < -0.3 is 9.26 Å². The highest BCUT2D eigenvalue weighted by atomic mass is 19.4. The smallest absolute Gasteiger partial charge is 0.427 e. The fourth-order valence-corrected chi connectivity index (χ4v) is 3.41. The van der Waals surface area contributed by atoms with E-state index in [9.17, 15) is 18.0 Å². The lowest BCUT2D eigenvalue weighted by molar-refractivity contribution is -0.243. The zero-order valence-electron chi connectivity index (χ0n) is 20.6. The number of amides is 1. The molecule has 0 radical (unpaired) electrons. The van der Waals surface area contributed by atoms with E-state index in [1.807, 2.05) is 0 Å². The molecule has 0 atom stereocenters. The van der Waals surface area contributed by atoms with Gasteiger partial charge in [0, 0.05) is 30.8 Å². The summed E-state index contributed by atoms with van der Waals surface area (Å²) in [5.74, 6) is 1.81. The summed E-state index contributed by atoms with van der Waals surface area (Å²) < 4.78 is 50.1. The number of rotatable bonds is 13. The number of ether oxygens (including phenoxy) is 1. The summed E-state index contributed by atoms with van der Waals surface area (Å²) in [5, 5.41) is 3.99. The van der Waals surface area contributed by atoms with E-state index in [1.165, 1.54) is 6.20 Å². The lowest BCUT2D eigenvalue weighted by Gasteiger charge is -2.30. The molecule has 2 aromatic heterocycles. The van der Waals surface area contributed by atoms with Gasteiger partial charge in [-0.15, -0.1) is 0 Å². The van der Waals surface area contributed by atoms with Crippen LogP contribution >= 0.6 is 0 Å². The van der Waals surface area contributed by atoms with E-state index < -0.39 is 17.9 Å². The molecule has 1 fully saturated rings. The van der Waals surface area contributed by atoms with Crippen molar-refractivity contribution in [3.63, 3.8) is 0 Å². The third-order valence-electron chi connectivity index (χ3n) is 5.92. The second kappa shape index (κ2) is 11.8. The van der Waals surface area contributed by atoms with Gasteiger partial charge >= 0.3 is 12.3 Å². The van der Waals surface area contributed by atoms with Crippen LogP contribution in [0.3, 0.4) is 0 Å². The van der Waals surface area contributed by atoms with Gasteiger partial charge in [-0.3, -0.25) is 0 Å². The van der Waals surface area contributed by atoms with E-state index in [1.54, 1.807) is 6.07 Å². The second-order valence-electron chi connectivity index (χ2n) is 9.46. The number of hydrogen-bond donors (Lipinski definition) is 0. The van der Waals surface area contributed by atoms with Crippen molar-refractivity contribution < 1.29 is 27.2 Å². The number of carbonyl (C=O) groups excluding carboxylic acids is 1. The van der Waals surface area contributed by atoms with Gasteiger partial charge in [-0.25, -0.2) is 19.7 Å². The maximum absolute atomic E-state index is 13.3. The van der Waals surface area contributed by atoms with Crippen LogP contribution in [0.4, 0.5) is 23.9 Å². The van der Waals surface area contributed by atoms with E-state index in [0.717, 1.165) is 68.8 Å². The molecule has 2 aromatic rings. The van der Waals surface area contributed by atoms with Crippen molar-refractivity contribution in [1.82, 2.24) is 20.1 Å². The first-order valence-corrected chi connectivity index (χ1v) is 12.3. The molecule has 0 unspecified atom stereocenters. The molecule has 0 saturated heterocycles. The SMILES string of the molecule is CCCCCc1ccnc(N(CCCCCc2nc(C3CC3)no2)C(=O)OC(C)(C)C(F)(F)F)n1. The molecule has 1 amide bonds. The number of anilines is 1. The van der Waals surface area contributed by atoms with Crippen molar-refractivity contribution in [3.05, 3.63) is 29.7 Å². The Kier molecular flexibility index (Phi) is 9.07. The van der Waals surface area contributed by atoms with E-state index in [4.69, 9.17) is 9.26 Å². The Morgan fingerprint density at radius 2 is 1.86 bits per heavy atom. The molecule has 2 heterocycles. The van der Waals surface area contributed by atoms with Crippen molar-refractivity contribution in [1.29, 1.82) is 0 Å². The van der Waals surface area contributed by atoms with Gasteiger partial charge in [-0.2, -0.15) is 18.2 Å². The minimum Gasteiger partial charge on any atom is -0.433 e. The zero-order valence-corrected chi connectivity index (χ0v) is 20.6. The zero-order chi connectivity index (χ0) is 25.5. The van der Waals surface area contributed by atoms with Crippen molar-refractivity contribution in [2.24, 2.45) is 0 Å². The summed E-state index contributed by atoms with van der Waals surface area (Å²) in [7, 11) is 0. The molecular formula is C24H34F3N5O3. The summed E-state index contributed by atoms with van der Waals surface area (Å²) >= 11 is 0. The first-order chi connectivity index (χ1) is 16.6. The van der Waals surface area contributed by atoms with Gasteiger partial charge in [0.15, 0.2) is 5.82 Å². The Morgan fingerprint density at radius 1 is 1.11 bits per heavy atom. The quantitative estimate of drug-likeness (QED) is 0.306. The topological polar surface area (TPSA) is 94.2 Å². The number of halogens is 3. The summed E-state index contributed by atoms with van der Waals surface area (Å²) in [6, 6.07) is 1.75. The van der Waals surface area contributed by atoms with E-state index in [2.05, 4.69) is 27.0 Å². The Bertz CT molecular complexity index is 960. The molecule has 0 N–H and O–H groups in total. The number of hydrogen-bond acceptors (Lipinski definition) is 7. The molecule has 0 bridgehead atoms. The fourth-order valence-electron chi connectivity index (χ4n) is 3.41. The number of unbranched alkanes of at least 4 members (excludes halogenated alkanes) is 4. The van der Waals surface area contributed by atoms with Crippen molar-refractivity contribution in [3.8, 4) is 0 Å².